The van der Waals surface area contributed by atoms with E-state index < -0.39 is 0 Å². The summed E-state index contributed by atoms with van der Waals surface area (Å²) in [5.41, 5.74) is 0. The molecule has 2 unspecified atom stereocenters. The fourth-order valence-corrected chi connectivity index (χ4v) is 2.92. The van der Waals surface area contributed by atoms with Crippen molar-refractivity contribution in [3.8, 4) is 0 Å². The molecular formula is C14H27N3O2. The van der Waals surface area contributed by atoms with Gasteiger partial charge < -0.3 is 15.4 Å². The topological polar surface area (TPSA) is 53.6 Å². The molecule has 0 spiro atoms. The summed E-state index contributed by atoms with van der Waals surface area (Å²) in [7, 11) is 0. The molecule has 0 aliphatic carbocycles. The van der Waals surface area contributed by atoms with Gasteiger partial charge in [0.15, 0.2) is 0 Å². The van der Waals surface area contributed by atoms with Gasteiger partial charge in [-0.05, 0) is 18.9 Å². The molecule has 2 aliphatic rings. The number of carbonyl (C=O) groups excluding carboxylic acids is 1. The molecule has 2 atom stereocenters. The molecule has 2 heterocycles. The predicted molar refractivity (Wildman–Crippen MR) is 75.0 cm³/mol. The van der Waals surface area contributed by atoms with Gasteiger partial charge in [-0.2, -0.15) is 0 Å². The lowest BCUT2D eigenvalue weighted by Gasteiger charge is -2.37. The van der Waals surface area contributed by atoms with Crippen LogP contribution < -0.4 is 10.6 Å². The van der Waals surface area contributed by atoms with Gasteiger partial charge in [-0.25, -0.2) is 0 Å². The van der Waals surface area contributed by atoms with Crippen LogP contribution in [0.5, 0.6) is 0 Å². The molecule has 5 nitrogen and oxygen atoms in total. The Hall–Kier alpha value is -0.650. The third-order valence-corrected chi connectivity index (χ3v) is 4.20. The van der Waals surface area contributed by atoms with Crippen LogP contribution in [0.3, 0.4) is 0 Å². The van der Waals surface area contributed by atoms with Crippen molar-refractivity contribution in [1.82, 2.24) is 15.5 Å². The minimum Gasteiger partial charge on any atom is -0.379 e. The number of hydrogen-bond donors (Lipinski definition) is 2. The molecule has 0 aromatic carbocycles. The van der Waals surface area contributed by atoms with E-state index in [4.69, 9.17) is 4.74 Å². The maximum absolute atomic E-state index is 12.1. The van der Waals surface area contributed by atoms with Crippen molar-refractivity contribution in [3.05, 3.63) is 0 Å². The number of nitrogens with one attached hydrogen (secondary N) is 2. The van der Waals surface area contributed by atoms with Crippen LogP contribution in [0.25, 0.3) is 0 Å². The molecular weight excluding hydrogens is 242 g/mol. The zero-order valence-electron chi connectivity index (χ0n) is 12.2. The van der Waals surface area contributed by atoms with Crippen LogP contribution in [0, 0.1) is 11.8 Å². The third-order valence-electron chi connectivity index (χ3n) is 4.20. The van der Waals surface area contributed by atoms with Crippen LogP contribution >= 0.6 is 0 Å². The molecule has 2 aliphatic heterocycles. The minimum atomic E-state index is 0.164. The molecule has 0 saturated carbocycles. The first-order valence-corrected chi connectivity index (χ1v) is 7.48. The Balaban J connectivity index is 1.80. The summed E-state index contributed by atoms with van der Waals surface area (Å²) in [6.45, 7) is 10.6. The second kappa shape index (κ2) is 7.22. The first-order chi connectivity index (χ1) is 9.18. The number of carbonyl (C=O) groups is 1. The van der Waals surface area contributed by atoms with Crippen molar-refractivity contribution in [3.63, 3.8) is 0 Å². The number of morpholine rings is 1. The molecule has 0 bridgehead atoms. The predicted octanol–water partition coefficient (Wildman–Crippen LogP) is 0.0689. The summed E-state index contributed by atoms with van der Waals surface area (Å²) in [5.74, 6) is 0.918. The molecule has 19 heavy (non-hydrogen) atoms. The van der Waals surface area contributed by atoms with Crippen LogP contribution in [0.15, 0.2) is 0 Å². The van der Waals surface area contributed by atoms with Crippen molar-refractivity contribution in [1.29, 1.82) is 0 Å². The zero-order chi connectivity index (χ0) is 13.7. The van der Waals surface area contributed by atoms with E-state index in [0.29, 0.717) is 12.0 Å². The summed E-state index contributed by atoms with van der Waals surface area (Å²) in [6.07, 6.45) is 0.968. The van der Waals surface area contributed by atoms with Gasteiger partial charge in [-0.3, -0.25) is 9.69 Å². The highest BCUT2D eigenvalue weighted by Crippen LogP contribution is 2.13. The van der Waals surface area contributed by atoms with Gasteiger partial charge in [-0.15, -0.1) is 0 Å². The number of nitrogens with zero attached hydrogens (tertiary/aromatic N) is 1. The largest absolute Gasteiger partial charge is 0.379 e. The van der Waals surface area contributed by atoms with Crippen LogP contribution in [0.2, 0.25) is 0 Å². The zero-order valence-corrected chi connectivity index (χ0v) is 12.2. The van der Waals surface area contributed by atoms with Gasteiger partial charge in [0, 0.05) is 32.2 Å². The Morgan fingerprint density at radius 1 is 1.42 bits per heavy atom. The highest BCUT2D eigenvalue weighted by molar-refractivity contribution is 5.79. The normalized spacial score (nSPS) is 26.6. The molecule has 0 aromatic heterocycles. The van der Waals surface area contributed by atoms with Crippen LogP contribution in [-0.2, 0) is 9.53 Å². The Bertz CT molecular complexity index is 284. The summed E-state index contributed by atoms with van der Waals surface area (Å²) < 4.78 is 5.40. The lowest BCUT2D eigenvalue weighted by molar-refractivity contribution is -0.124. The number of amides is 1. The van der Waals surface area contributed by atoms with E-state index in [2.05, 4.69) is 29.4 Å². The quantitative estimate of drug-likeness (QED) is 0.741. The van der Waals surface area contributed by atoms with E-state index in [1.807, 2.05) is 0 Å². The Morgan fingerprint density at radius 3 is 2.74 bits per heavy atom. The summed E-state index contributed by atoms with van der Waals surface area (Å²) >= 11 is 0. The average Bonchev–Trinajstić information content (AvgIpc) is 2.93. The van der Waals surface area contributed by atoms with Crippen LogP contribution in [0.1, 0.15) is 20.3 Å². The molecule has 2 rings (SSSR count). The lowest BCUT2D eigenvalue weighted by Crippen LogP contribution is -2.51. The first kappa shape index (κ1) is 14.8. The lowest BCUT2D eigenvalue weighted by atomic mass is 10.0. The average molecular weight is 269 g/mol. The highest BCUT2D eigenvalue weighted by Gasteiger charge is 2.26. The van der Waals surface area contributed by atoms with E-state index in [-0.39, 0.29) is 11.8 Å². The fourth-order valence-electron chi connectivity index (χ4n) is 2.92. The molecule has 2 N–H and O–H groups in total. The second-order valence-electron chi connectivity index (χ2n) is 5.89. The molecule has 2 fully saturated rings. The number of rotatable bonds is 5. The Kier molecular flexibility index (Phi) is 5.60. The fraction of sp³-hybridized carbons (Fsp3) is 0.929. The smallest absolute Gasteiger partial charge is 0.224 e. The maximum Gasteiger partial charge on any atom is 0.224 e. The van der Waals surface area contributed by atoms with Crippen molar-refractivity contribution in [2.75, 3.05) is 45.9 Å². The van der Waals surface area contributed by atoms with Gasteiger partial charge in [0.05, 0.1) is 19.1 Å². The minimum absolute atomic E-state index is 0.164. The van der Waals surface area contributed by atoms with Gasteiger partial charge >= 0.3 is 0 Å². The van der Waals surface area contributed by atoms with Crippen molar-refractivity contribution in [2.45, 2.75) is 26.3 Å². The molecule has 0 aromatic rings. The standard InChI is InChI=1S/C14H27N3O2/c1-11(2)13(17-5-7-19-8-6-17)10-16-14(18)12-3-4-15-9-12/h11-13,15H,3-10H2,1-2H3,(H,16,18). The van der Waals surface area contributed by atoms with Gasteiger partial charge in [0.25, 0.3) is 0 Å². The van der Waals surface area contributed by atoms with Crippen molar-refractivity contribution in [2.24, 2.45) is 11.8 Å². The van der Waals surface area contributed by atoms with E-state index in [9.17, 15) is 4.79 Å². The molecule has 110 valence electrons. The maximum atomic E-state index is 12.1. The second-order valence-corrected chi connectivity index (χ2v) is 5.89. The molecule has 5 heteroatoms. The summed E-state index contributed by atoms with van der Waals surface area (Å²) in [4.78, 5) is 14.5. The van der Waals surface area contributed by atoms with Gasteiger partial charge in [0.1, 0.15) is 0 Å². The van der Waals surface area contributed by atoms with E-state index in [0.717, 1.165) is 52.4 Å². The monoisotopic (exact) mass is 269 g/mol. The summed E-state index contributed by atoms with van der Waals surface area (Å²) in [6, 6.07) is 0.419. The highest BCUT2D eigenvalue weighted by atomic mass is 16.5. The van der Waals surface area contributed by atoms with Crippen molar-refractivity contribution >= 4 is 5.91 Å². The SMILES string of the molecule is CC(C)C(CNC(=O)C1CCNC1)N1CCOCC1. The molecule has 1 amide bonds. The van der Waals surface area contributed by atoms with E-state index in [1.54, 1.807) is 0 Å². The van der Waals surface area contributed by atoms with E-state index in [1.165, 1.54) is 0 Å². The van der Waals surface area contributed by atoms with Crippen LogP contribution in [0.4, 0.5) is 0 Å². The Morgan fingerprint density at radius 2 is 2.16 bits per heavy atom. The van der Waals surface area contributed by atoms with Gasteiger partial charge in [0.2, 0.25) is 5.91 Å². The summed E-state index contributed by atoms with van der Waals surface area (Å²) in [5, 5.41) is 6.38. The van der Waals surface area contributed by atoms with Crippen LogP contribution in [-0.4, -0.2) is 62.8 Å². The molecule has 0 radical (unpaired) electrons. The Labute approximate surface area is 116 Å². The molecule has 2 saturated heterocycles. The van der Waals surface area contributed by atoms with E-state index >= 15 is 0 Å². The third kappa shape index (κ3) is 4.16. The van der Waals surface area contributed by atoms with Crippen molar-refractivity contribution < 1.29 is 9.53 Å². The number of ether oxygens (including phenoxy) is 1. The van der Waals surface area contributed by atoms with Gasteiger partial charge in [-0.1, -0.05) is 13.8 Å². The first-order valence-electron chi connectivity index (χ1n) is 7.48. The number of hydrogen-bond acceptors (Lipinski definition) is 4.